The molecule has 1 N–H and O–H groups in total. The van der Waals surface area contributed by atoms with Crippen LogP contribution in [-0.2, 0) is 6.18 Å². The Morgan fingerprint density at radius 2 is 1.45 bits per heavy atom. The van der Waals surface area contributed by atoms with Crippen LogP contribution in [0.5, 0.6) is 0 Å². The predicted octanol–water partition coefficient (Wildman–Crippen LogP) is 6.01. The van der Waals surface area contributed by atoms with Gasteiger partial charge in [-0.25, -0.2) is 13.2 Å². The molecular formula is C22H13F6N5. The second-order valence-corrected chi connectivity index (χ2v) is 6.75. The van der Waals surface area contributed by atoms with E-state index in [1.165, 1.54) is 48.7 Å². The number of alkyl halides is 3. The lowest BCUT2D eigenvalue weighted by molar-refractivity contribution is -0.137. The van der Waals surface area contributed by atoms with Gasteiger partial charge in [0.2, 0.25) is 5.95 Å². The Hall–Kier alpha value is -4.15. The normalized spacial score (nSPS) is 11.8. The highest BCUT2D eigenvalue weighted by atomic mass is 19.4. The summed E-state index contributed by atoms with van der Waals surface area (Å²) in [6.45, 7) is 0. The van der Waals surface area contributed by atoms with Crippen LogP contribution in [0.15, 0.2) is 71.8 Å². The maximum absolute atomic E-state index is 14.4. The molecule has 33 heavy (non-hydrogen) atoms. The van der Waals surface area contributed by atoms with Gasteiger partial charge in [-0.05, 0) is 54.1 Å². The maximum Gasteiger partial charge on any atom is 0.416 e. The van der Waals surface area contributed by atoms with Gasteiger partial charge in [-0.2, -0.15) is 22.9 Å². The van der Waals surface area contributed by atoms with E-state index in [1.807, 2.05) is 0 Å². The Kier molecular flexibility index (Phi) is 5.86. The molecule has 3 aromatic carbocycles. The van der Waals surface area contributed by atoms with Gasteiger partial charge in [0.1, 0.15) is 17.5 Å². The number of nitrogens with one attached hydrogen (secondary N) is 1. The molecule has 0 saturated heterocycles. The van der Waals surface area contributed by atoms with Crippen molar-refractivity contribution in [3.8, 4) is 11.4 Å². The number of halogens is 6. The summed E-state index contributed by atoms with van der Waals surface area (Å²) in [6.07, 6.45) is -3.31. The van der Waals surface area contributed by atoms with Crippen LogP contribution in [0.2, 0.25) is 0 Å². The third kappa shape index (κ3) is 4.86. The molecule has 0 spiro atoms. The van der Waals surface area contributed by atoms with E-state index in [0.29, 0.717) is 5.69 Å². The quantitative estimate of drug-likeness (QED) is 0.293. The molecule has 0 atom stereocenters. The number of anilines is 2. The molecule has 4 rings (SSSR count). The molecule has 0 saturated carbocycles. The summed E-state index contributed by atoms with van der Waals surface area (Å²) in [5.41, 5.74) is -0.668. The molecule has 1 aromatic heterocycles. The van der Waals surface area contributed by atoms with E-state index in [2.05, 4.69) is 20.6 Å². The Morgan fingerprint density at radius 1 is 0.818 bits per heavy atom. The van der Waals surface area contributed by atoms with Crippen molar-refractivity contribution in [3.63, 3.8) is 0 Å². The molecule has 0 radical (unpaired) electrons. The van der Waals surface area contributed by atoms with Crippen LogP contribution in [-0.4, -0.2) is 21.1 Å². The van der Waals surface area contributed by atoms with Crippen molar-refractivity contribution in [2.24, 2.45) is 5.10 Å². The van der Waals surface area contributed by atoms with Crippen molar-refractivity contribution in [1.29, 1.82) is 0 Å². The topological polar surface area (TPSA) is 55.1 Å². The van der Waals surface area contributed by atoms with Crippen LogP contribution in [0.25, 0.3) is 11.4 Å². The highest BCUT2D eigenvalue weighted by Crippen LogP contribution is 2.30. The van der Waals surface area contributed by atoms with Crippen LogP contribution < -0.4 is 5.32 Å². The van der Waals surface area contributed by atoms with Crippen LogP contribution in [0.4, 0.5) is 38.0 Å². The summed E-state index contributed by atoms with van der Waals surface area (Å²) in [5.74, 6) is -2.67. The Balaban J connectivity index is 1.75. The van der Waals surface area contributed by atoms with Gasteiger partial charge >= 0.3 is 6.18 Å². The van der Waals surface area contributed by atoms with Gasteiger partial charge < -0.3 is 5.32 Å². The fourth-order valence-corrected chi connectivity index (χ4v) is 2.88. The van der Waals surface area contributed by atoms with Gasteiger partial charge in [0.15, 0.2) is 5.82 Å². The number of hydrogen-bond acceptors (Lipinski definition) is 4. The van der Waals surface area contributed by atoms with Gasteiger partial charge in [0, 0.05) is 5.69 Å². The molecular weight excluding hydrogens is 448 g/mol. The summed E-state index contributed by atoms with van der Waals surface area (Å²) in [6, 6.07) is 12.5. The zero-order valence-corrected chi connectivity index (χ0v) is 16.5. The average molecular weight is 461 g/mol. The number of nitrogens with zero attached hydrogens (tertiary/aromatic N) is 4. The van der Waals surface area contributed by atoms with Crippen molar-refractivity contribution in [3.05, 3.63) is 95.3 Å². The fourth-order valence-electron chi connectivity index (χ4n) is 2.88. The molecule has 0 aliphatic rings. The molecule has 0 bridgehead atoms. The molecule has 168 valence electrons. The van der Waals surface area contributed by atoms with Crippen LogP contribution in [0.3, 0.4) is 0 Å². The van der Waals surface area contributed by atoms with E-state index in [-0.39, 0.29) is 17.3 Å². The highest BCUT2D eigenvalue weighted by molar-refractivity contribution is 5.80. The summed E-state index contributed by atoms with van der Waals surface area (Å²) >= 11 is 0. The van der Waals surface area contributed by atoms with Crippen molar-refractivity contribution >= 4 is 17.9 Å². The Labute approximate surface area is 183 Å². The van der Waals surface area contributed by atoms with Crippen molar-refractivity contribution in [2.45, 2.75) is 6.18 Å². The first kappa shape index (κ1) is 22.1. The molecule has 4 aromatic rings. The molecule has 11 heteroatoms. The molecule has 0 amide bonds. The lowest BCUT2D eigenvalue weighted by Crippen LogP contribution is -2.05. The van der Waals surface area contributed by atoms with E-state index in [4.69, 9.17) is 0 Å². The van der Waals surface area contributed by atoms with Crippen LogP contribution in [0, 0.1) is 17.5 Å². The summed E-state index contributed by atoms with van der Waals surface area (Å²) in [5, 5.41) is 14.6. The first-order valence-corrected chi connectivity index (χ1v) is 9.36. The number of benzene rings is 3. The summed E-state index contributed by atoms with van der Waals surface area (Å²) < 4.78 is 81.2. The Bertz CT molecular complexity index is 1270. The fraction of sp³-hybridized carbons (Fsp3) is 0.0455. The van der Waals surface area contributed by atoms with Crippen LogP contribution >= 0.6 is 0 Å². The molecule has 1 heterocycles. The molecule has 0 aliphatic heterocycles. The largest absolute Gasteiger partial charge is 0.416 e. The highest BCUT2D eigenvalue weighted by Gasteiger charge is 2.29. The summed E-state index contributed by atoms with van der Waals surface area (Å²) in [7, 11) is 0. The molecule has 0 unspecified atom stereocenters. The van der Waals surface area contributed by atoms with E-state index in [9.17, 15) is 26.3 Å². The van der Waals surface area contributed by atoms with Gasteiger partial charge in [-0.3, -0.25) is 0 Å². The van der Waals surface area contributed by atoms with Gasteiger partial charge in [0.25, 0.3) is 0 Å². The average Bonchev–Trinajstić information content (AvgIpc) is 3.15. The molecule has 0 fully saturated rings. The number of hydrogen-bond donors (Lipinski definition) is 1. The second kappa shape index (κ2) is 8.77. The third-order valence-corrected chi connectivity index (χ3v) is 4.49. The molecule has 5 nitrogen and oxygen atoms in total. The lowest BCUT2D eigenvalue weighted by atomic mass is 10.1. The lowest BCUT2D eigenvalue weighted by Gasteiger charge is -2.08. The number of aromatic nitrogens is 3. The van der Waals surface area contributed by atoms with Crippen molar-refractivity contribution in [2.75, 3.05) is 5.32 Å². The SMILES string of the molecule is Fc1ccc(Nc2nnc(-c3c(F)cccc3F)n2/N=C/c2ccc(C(F)(F)F)cc2)cc1. The zero-order valence-electron chi connectivity index (χ0n) is 16.5. The molecule has 0 aliphatic carbocycles. The maximum atomic E-state index is 14.4. The smallest absolute Gasteiger partial charge is 0.323 e. The van der Waals surface area contributed by atoms with Gasteiger partial charge in [-0.15, -0.1) is 10.2 Å². The van der Waals surface area contributed by atoms with E-state index >= 15 is 0 Å². The standard InChI is InChI=1S/C22H13F6N5/c23-15-8-10-16(11-9-15)30-21-32-31-20(19-17(24)2-1-3-18(19)25)33(21)29-12-13-4-6-14(7-5-13)22(26,27)28/h1-12H,(H,30,32)/b29-12+. The van der Waals surface area contributed by atoms with Crippen LogP contribution in [0.1, 0.15) is 11.1 Å². The van der Waals surface area contributed by atoms with Crippen molar-refractivity contribution < 1.29 is 26.3 Å². The minimum absolute atomic E-state index is 0.0672. The van der Waals surface area contributed by atoms with E-state index in [0.717, 1.165) is 28.9 Å². The predicted molar refractivity (Wildman–Crippen MR) is 109 cm³/mol. The van der Waals surface area contributed by atoms with Gasteiger partial charge in [-0.1, -0.05) is 18.2 Å². The first-order valence-electron chi connectivity index (χ1n) is 9.36. The summed E-state index contributed by atoms with van der Waals surface area (Å²) in [4.78, 5) is 0. The van der Waals surface area contributed by atoms with E-state index < -0.39 is 34.8 Å². The third-order valence-electron chi connectivity index (χ3n) is 4.49. The first-order chi connectivity index (χ1) is 15.7. The monoisotopic (exact) mass is 461 g/mol. The zero-order chi connectivity index (χ0) is 23.6. The Morgan fingerprint density at radius 3 is 2.06 bits per heavy atom. The minimum Gasteiger partial charge on any atom is -0.323 e. The second-order valence-electron chi connectivity index (χ2n) is 6.75. The number of rotatable bonds is 5. The van der Waals surface area contributed by atoms with Crippen molar-refractivity contribution in [1.82, 2.24) is 14.9 Å². The van der Waals surface area contributed by atoms with Gasteiger partial charge in [0.05, 0.1) is 17.3 Å². The van der Waals surface area contributed by atoms with E-state index in [1.54, 1.807) is 0 Å². The minimum atomic E-state index is -4.49.